The number of nitrogens with zero attached hydrogens (tertiary/aromatic N) is 3. The zero-order valence-electron chi connectivity index (χ0n) is 22.2. The van der Waals surface area contributed by atoms with Crippen molar-refractivity contribution < 1.29 is 4.79 Å². The molecule has 0 bridgehead atoms. The van der Waals surface area contributed by atoms with Gasteiger partial charge in [-0.2, -0.15) is 10.1 Å². The van der Waals surface area contributed by atoms with Crippen molar-refractivity contribution >= 4 is 40.9 Å². The molecule has 1 atom stereocenters. The number of carbonyl (C=O) groups is 1. The van der Waals surface area contributed by atoms with E-state index in [2.05, 4.69) is 26.1 Å². The molecule has 8 nitrogen and oxygen atoms in total. The average molecular weight is 579 g/mol. The number of H-pyrrole nitrogens is 1. The van der Waals surface area contributed by atoms with Crippen molar-refractivity contribution in [2.24, 2.45) is 5.92 Å². The number of amides is 1. The van der Waals surface area contributed by atoms with Crippen LogP contribution in [0.1, 0.15) is 49.7 Å². The van der Waals surface area contributed by atoms with E-state index in [9.17, 15) is 4.79 Å². The zero-order valence-corrected chi connectivity index (χ0v) is 23.7. The van der Waals surface area contributed by atoms with E-state index in [1.165, 1.54) is 19.3 Å². The quantitative estimate of drug-likeness (QED) is 0.155. The highest BCUT2D eigenvalue weighted by atomic mass is 35.5. The fourth-order valence-corrected chi connectivity index (χ4v) is 5.39. The number of benzene rings is 2. The smallest absolute Gasteiger partial charge is 0.242 e. The molecule has 4 aromatic rings. The highest BCUT2D eigenvalue weighted by Crippen LogP contribution is 2.29. The van der Waals surface area contributed by atoms with Gasteiger partial charge in [0.2, 0.25) is 11.9 Å². The molecule has 2 heterocycles. The first-order valence-electron chi connectivity index (χ1n) is 13.7. The van der Waals surface area contributed by atoms with E-state index in [0.717, 1.165) is 36.0 Å². The Morgan fingerprint density at radius 3 is 2.52 bits per heavy atom. The predicted octanol–water partition coefficient (Wildman–Crippen LogP) is 6.85. The fourth-order valence-electron chi connectivity index (χ4n) is 5.05. The van der Waals surface area contributed by atoms with Crippen LogP contribution in [0.25, 0.3) is 11.3 Å². The van der Waals surface area contributed by atoms with E-state index in [-0.39, 0.29) is 5.91 Å². The topological polar surface area (TPSA) is 108 Å². The van der Waals surface area contributed by atoms with Gasteiger partial charge in [0, 0.05) is 41.0 Å². The van der Waals surface area contributed by atoms with Crippen LogP contribution in [-0.2, 0) is 17.9 Å². The third kappa shape index (κ3) is 7.96. The van der Waals surface area contributed by atoms with E-state index >= 15 is 0 Å². The third-order valence-electron chi connectivity index (χ3n) is 7.17. The second-order valence-electron chi connectivity index (χ2n) is 10.2. The Bertz CT molecular complexity index is 1390. The van der Waals surface area contributed by atoms with Crippen molar-refractivity contribution in [2.75, 3.05) is 10.6 Å². The van der Waals surface area contributed by atoms with Gasteiger partial charge in [-0.05, 0) is 47.7 Å². The van der Waals surface area contributed by atoms with Crippen molar-refractivity contribution in [3.63, 3.8) is 0 Å². The highest BCUT2D eigenvalue weighted by molar-refractivity contribution is 6.30. The first kappa shape index (κ1) is 27.9. The van der Waals surface area contributed by atoms with E-state index < -0.39 is 6.04 Å². The zero-order chi connectivity index (χ0) is 27.7. The molecule has 0 unspecified atom stereocenters. The van der Waals surface area contributed by atoms with E-state index in [1.54, 1.807) is 12.4 Å². The van der Waals surface area contributed by atoms with Gasteiger partial charge in [-0.1, -0.05) is 79.6 Å². The van der Waals surface area contributed by atoms with Gasteiger partial charge in [-0.3, -0.25) is 9.89 Å². The fraction of sp³-hybridized carbons (Fsp3) is 0.333. The van der Waals surface area contributed by atoms with Crippen LogP contribution in [0.15, 0.2) is 67.0 Å². The average Bonchev–Trinajstić information content (AvgIpc) is 3.51. The summed E-state index contributed by atoms with van der Waals surface area (Å²) in [5, 5.41) is 18.1. The van der Waals surface area contributed by atoms with E-state index in [4.69, 9.17) is 33.2 Å². The molecule has 1 aliphatic rings. The molecule has 0 saturated heterocycles. The minimum absolute atomic E-state index is 0.0579. The maximum atomic E-state index is 13.5. The van der Waals surface area contributed by atoms with Gasteiger partial charge in [-0.25, -0.2) is 4.98 Å². The van der Waals surface area contributed by atoms with Crippen LogP contribution in [-0.4, -0.2) is 32.1 Å². The molecule has 0 spiro atoms. The van der Waals surface area contributed by atoms with Crippen molar-refractivity contribution in [2.45, 2.75) is 57.7 Å². The second-order valence-corrected chi connectivity index (χ2v) is 11.1. The molecule has 1 amide bonds. The van der Waals surface area contributed by atoms with Gasteiger partial charge in [0.1, 0.15) is 11.9 Å². The summed E-state index contributed by atoms with van der Waals surface area (Å²) in [7, 11) is 0. The molecule has 1 fully saturated rings. The van der Waals surface area contributed by atoms with Crippen molar-refractivity contribution in [3.05, 3.63) is 88.2 Å². The summed E-state index contributed by atoms with van der Waals surface area (Å²) in [5.41, 5.74) is 3.52. The Balaban J connectivity index is 1.36. The van der Waals surface area contributed by atoms with Crippen LogP contribution in [0.4, 0.5) is 11.8 Å². The number of nitrogens with one attached hydrogen (secondary N) is 4. The maximum absolute atomic E-state index is 13.5. The molecule has 208 valence electrons. The predicted molar refractivity (Wildman–Crippen MR) is 160 cm³/mol. The minimum atomic E-state index is -0.441. The highest BCUT2D eigenvalue weighted by Gasteiger charge is 2.25. The van der Waals surface area contributed by atoms with Gasteiger partial charge < -0.3 is 16.0 Å². The van der Waals surface area contributed by atoms with Crippen LogP contribution in [0.5, 0.6) is 0 Å². The lowest BCUT2D eigenvalue weighted by atomic mass is 9.84. The van der Waals surface area contributed by atoms with Crippen LogP contribution in [0.2, 0.25) is 10.0 Å². The number of hydrogen-bond donors (Lipinski definition) is 4. The van der Waals surface area contributed by atoms with E-state index in [1.807, 2.05) is 54.6 Å². The number of carbonyl (C=O) groups excluding carboxylic acids is 1. The number of aromatic nitrogens is 4. The van der Waals surface area contributed by atoms with Crippen molar-refractivity contribution in [3.8, 4) is 11.3 Å². The number of rotatable bonds is 11. The molecular formula is C30H33Cl2N7O. The first-order valence-corrected chi connectivity index (χ1v) is 14.4. The van der Waals surface area contributed by atoms with Crippen LogP contribution >= 0.6 is 23.2 Å². The molecule has 2 aromatic heterocycles. The Morgan fingerprint density at radius 2 is 1.77 bits per heavy atom. The molecule has 1 saturated carbocycles. The Labute approximate surface area is 244 Å². The van der Waals surface area contributed by atoms with Crippen LogP contribution < -0.4 is 16.0 Å². The third-order valence-corrected chi connectivity index (χ3v) is 7.66. The number of anilines is 2. The maximum Gasteiger partial charge on any atom is 0.242 e. The molecular weight excluding hydrogens is 545 g/mol. The van der Waals surface area contributed by atoms with E-state index in [0.29, 0.717) is 46.5 Å². The van der Waals surface area contributed by atoms with Gasteiger partial charge in [0.05, 0.1) is 11.9 Å². The monoisotopic (exact) mass is 577 g/mol. The second kappa shape index (κ2) is 13.6. The molecule has 5 rings (SSSR count). The molecule has 0 radical (unpaired) electrons. The summed E-state index contributed by atoms with van der Waals surface area (Å²) in [5.74, 6) is 1.45. The summed E-state index contributed by atoms with van der Waals surface area (Å²) in [6.07, 6.45) is 10.2. The summed E-state index contributed by atoms with van der Waals surface area (Å²) < 4.78 is 0. The van der Waals surface area contributed by atoms with Crippen LogP contribution in [0, 0.1) is 5.92 Å². The van der Waals surface area contributed by atoms with Gasteiger partial charge >= 0.3 is 0 Å². The van der Waals surface area contributed by atoms with Gasteiger partial charge in [-0.15, -0.1) is 0 Å². The number of hydrogen-bond acceptors (Lipinski definition) is 6. The van der Waals surface area contributed by atoms with Crippen LogP contribution in [0.3, 0.4) is 0 Å². The Morgan fingerprint density at radius 1 is 0.950 bits per heavy atom. The SMILES string of the molecule is O=C(NCc1ccc(Cl)cc1)[C@@H](CC1CCCCC1)Nc1cc(-c2cn[nH]c2)nc(NCc2cccc(Cl)c2)n1. The lowest BCUT2D eigenvalue weighted by Gasteiger charge is -2.27. The molecule has 40 heavy (non-hydrogen) atoms. The first-order chi connectivity index (χ1) is 19.5. The minimum Gasteiger partial charge on any atom is -0.358 e. The number of halogens is 2. The lowest BCUT2D eigenvalue weighted by molar-refractivity contribution is -0.122. The lowest BCUT2D eigenvalue weighted by Crippen LogP contribution is -2.41. The summed E-state index contributed by atoms with van der Waals surface area (Å²) in [6.45, 7) is 0.928. The number of aromatic amines is 1. The molecule has 1 aliphatic carbocycles. The summed E-state index contributed by atoms with van der Waals surface area (Å²) >= 11 is 12.2. The molecule has 2 aromatic carbocycles. The molecule has 4 N–H and O–H groups in total. The van der Waals surface area contributed by atoms with Gasteiger partial charge in [0.25, 0.3) is 0 Å². The van der Waals surface area contributed by atoms with Crippen molar-refractivity contribution in [1.82, 2.24) is 25.5 Å². The normalized spacial score (nSPS) is 14.4. The molecule has 10 heteroatoms. The van der Waals surface area contributed by atoms with Gasteiger partial charge in [0.15, 0.2) is 0 Å². The summed E-state index contributed by atoms with van der Waals surface area (Å²) in [6, 6.07) is 16.6. The Kier molecular flexibility index (Phi) is 9.52. The van der Waals surface area contributed by atoms with Crippen molar-refractivity contribution in [1.29, 1.82) is 0 Å². The standard InChI is InChI=1S/C30H33Cl2N7O/c31-24-11-9-21(10-12-24)16-33-29(40)27(14-20-5-2-1-3-6-20)37-28-15-26(23-18-35-36-19-23)38-30(39-28)34-17-22-7-4-8-25(32)13-22/h4,7-13,15,18-20,27H,1-3,5-6,14,16-17H2,(H,33,40)(H,35,36)(H2,34,37,38,39)/t27-/m1/s1. The summed E-state index contributed by atoms with van der Waals surface area (Å²) in [4.78, 5) is 22.9. The Hall–Kier alpha value is -3.62. The largest absolute Gasteiger partial charge is 0.358 e. The molecule has 0 aliphatic heterocycles.